The number of methoxy groups -OCH3 is 1. The van der Waals surface area contributed by atoms with Crippen molar-refractivity contribution in [2.24, 2.45) is 0 Å². The predicted molar refractivity (Wildman–Crippen MR) is 120 cm³/mol. The Bertz CT molecular complexity index is 1120. The molecule has 1 amide bonds. The molecule has 1 fully saturated rings. The number of hydrogen-bond acceptors (Lipinski definition) is 5. The van der Waals surface area contributed by atoms with Gasteiger partial charge in [-0.3, -0.25) is 9.10 Å². The smallest absolute Gasteiger partial charge is 0.416 e. The molecular weight excluding hydrogens is 483 g/mol. The minimum Gasteiger partial charge on any atom is -0.495 e. The summed E-state index contributed by atoms with van der Waals surface area (Å²) in [7, 11) is -2.47. The van der Waals surface area contributed by atoms with E-state index in [0.717, 1.165) is 22.7 Å². The highest BCUT2D eigenvalue weighted by Crippen LogP contribution is 2.33. The molecule has 0 atom stereocenters. The van der Waals surface area contributed by atoms with Gasteiger partial charge in [0.2, 0.25) is 15.9 Å². The van der Waals surface area contributed by atoms with Gasteiger partial charge in [-0.25, -0.2) is 8.42 Å². The molecule has 180 valence electrons. The van der Waals surface area contributed by atoms with Crippen molar-refractivity contribution in [2.75, 3.05) is 55.3 Å². The zero-order valence-electron chi connectivity index (χ0n) is 18.0. The van der Waals surface area contributed by atoms with Crippen molar-refractivity contribution in [3.63, 3.8) is 0 Å². The van der Waals surface area contributed by atoms with Crippen molar-refractivity contribution in [1.82, 2.24) is 4.90 Å². The molecule has 3 rings (SSSR count). The average Bonchev–Trinajstić information content (AvgIpc) is 2.76. The van der Waals surface area contributed by atoms with Gasteiger partial charge in [-0.2, -0.15) is 13.2 Å². The molecule has 12 heteroatoms. The Balaban J connectivity index is 1.72. The number of piperazine rings is 1. The topological polar surface area (TPSA) is 70.2 Å². The maximum absolute atomic E-state index is 13.0. The molecule has 2 aromatic carbocycles. The summed E-state index contributed by atoms with van der Waals surface area (Å²) in [6.45, 7) is 0.636. The number of rotatable bonds is 6. The SMILES string of the molecule is COc1ccc(Cl)cc1N(CC(=O)N1CCN(c2cccc(C(F)(F)F)c2)CC1)S(C)(=O)=O. The third kappa shape index (κ3) is 6.02. The highest BCUT2D eigenvalue weighted by molar-refractivity contribution is 7.92. The number of alkyl halides is 3. The molecule has 0 saturated carbocycles. The summed E-state index contributed by atoms with van der Waals surface area (Å²) in [5, 5.41) is 0.279. The minimum absolute atomic E-state index is 0.142. The number of carbonyl (C=O) groups excluding carboxylic acids is 1. The molecule has 0 bridgehead atoms. The van der Waals surface area contributed by atoms with Crippen molar-refractivity contribution in [1.29, 1.82) is 0 Å². The molecule has 0 unspecified atom stereocenters. The molecule has 7 nitrogen and oxygen atoms in total. The Morgan fingerprint density at radius 1 is 1.12 bits per heavy atom. The summed E-state index contributed by atoms with van der Waals surface area (Å²) in [5.74, 6) is -0.196. The number of amides is 1. The molecular formula is C21H23ClF3N3O4S. The third-order valence-corrected chi connectivity index (χ3v) is 6.62. The lowest BCUT2D eigenvalue weighted by Gasteiger charge is -2.37. The molecule has 0 radical (unpaired) electrons. The standard InChI is InChI=1S/C21H23ClF3N3O4S/c1-32-19-7-6-16(22)13-18(19)28(33(2,30)31)14-20(29)27-10-8-26(9-11-27)17-5-3-4-15(12-17)21(23,24)25/h3-7,12-13H,8-11,14H2,1-2H3. The van der Waals surface area contributed by atoms with Crippen LogP contribution in [0.3, 0.4) is 0 Å². The van der Waals surface area contributed by atoms with E-state index in [2.05, 4.69) is 0 Å². The van der Waals surface area contributed by atoms with E-state index in [9.17, 15) is 26.4 Å². The Kier molecular flexibility index (Phi) is 7.32. The monoisotopic (exact) mass is 505 g/mol. The van der Waals surface area contributed by atoms with Crippen LogP contribution in [-0.4, -0.2) is 65.3 Å². The minimum atomic E-state index is -4.44. The van der Waals surface area contributed by atoms with Gasteiger partial charge in [0, 0.05) is 36.9 Å². The van der Waals surface area contributed by atoms with Crippen molar-refractivity contribution in [3.8, 4) is 5.75 Å². The molecule has 0 aliphatic carbocycles. The predicted octanol–water partition coefficient (Wildman–Crippen LogP) is 3.48. The first-order valence-electron chi connectivity index (χ1n) is 9.91. The molecule has 1 heterocycles. The highest BCUT2D eigenvalue weighted by Gasteiger charge is 2.32. The van der Waals surface area contributed by atoms with Gasteiger partial charge >= 0.3 is 6.18 Å². The van der Waals surface area contributed by atoms with Gasteiger partial charge in [-0.1, -0.05) is 17.7 Å². The van der Waals surface area contributed by atoms with Gasteiger partial charge in [0.05, 0.1) is 24.6 Å². The number of benzene rings is 2. The molecule has 2 aromatic rings. The second kappa shape index (κ2) is 9.68. The molecule has 0 aromatic heterocycles. The number of halogens is 4. The zero-order chi connectivity index (χ0) is 24.4. The van der Waals surface area contributed by atoms with E-state index in [-0.39, 0.29) is 29.5 Å². The summed E-state index contributed by atoms with van der Waals surface area (Å²) in [5.41, 5.74) is -0.181. The highest BCUT2D eigenvalue weighted by atomic mass is 35.5. The molecule has 0 N–H and O–H groups in total. The first-order chi connectivity index (χ1) is 15.4. The molecule has 1 aliphatic rings. The van der Waals surface area contributed by atoms with Crippen LogP contribution in [-0.2, 0) is 21.0 Å². The molecule has 33 heavy (non-hydrogen) atoms. The lowest BCUT2D eigenvalue weighted by molar-refractivity contribution is -0.137. The fourth-order valence-corrected chi connectivity index (χ4v) is 4.57. The Labute approximate surface area is 195 Å². The van der Waals surface area contributed by atoms with Crippen LogP contribution in [0.15, 0.2) is 42.5 Å². The van der Waals surface area contributed by atoms with Crippen molar-refractivity contribution < 1.29 is 31.1 Å². The van der Waals surface area contributed by atoms with Crippen LogP contribution in [0.4, 0.5) is 24.5 Å². The van der Waals surface area contributed by atoms with Gasteiger partial charge in [0.15, 0.2) is 0 Å². The number of nitrogens with zero attached hydrogens (tertiary/aromatic N) is 3. The van der Waals surface area contributed by atoms with Gasteiger partial charge in [-0.15, -0.1) is 0 Å². The molecule has 1 aliphatic heterocycles. The van der Waals surface area contributed by atoms with Crippen LogP contribution in [0.1, 0.15) is 5.56 Å². The van der Waals surface area contributed by atoms with Gasteiger partial charge < -0.3 is 14.5 Å². The summed E-state index contributed by atoms with van der Waals surface area (Å²) >= 11 is 6.02. The fourth-order valence-electron chi connectivity index (χ4n) is 3.55. The van der Waals surface area contributed by atoms with E-state index in [0.29, 0.717) is 18.8 Å². The van der Waals surface area contributed by atoms with E-state index in [4.69, 9.17) is 16.3 Å². The van der Waals surface area contributed by atoms with Crippen LogP contribution in [0.25, 0.3) is 0 Å². The average molecular weight is 506 g/mol. The van der Waals surface area contributed by atoms with E-state index >= 15 is 0 Å². The van der Waals surface area contributed by atoms with E-state index in [1.165, 1.54) is 30.2 Å². The van der Waals surface area contributed by atoms with Crippen LogP contribution >= 0.6 is 11.6 Å². The van der Waals surface area contributed by atoms with Crippen molar-refractivity contribution in [3.05, 3.63) is 53.1 Å². The zero-order valence-corrected chi connectivity index (χ0v) is 19.5. The molecule has 0 spiro atoms. The van der Waals surface area contributed by atoms with Crippen LogP contribution in [0.2, 0.25) is 5.02 Å². The van der Waals surface area contributed by atoms with Crippen molar-refractivity contribution in [2.45, 2.75) is 6.18 Å². The Morgan fingerprint density at radius 3 is 2.36 bits per heavy atom. The number of hydrogen-bond donors (Lipinski definition) is 0. The second-order valence-corrected chi connectivity index (χ2v) is 9.84. The van der Waals surface area contributed by atoms with E-state index < -0.39 is 34.2 Å². The van der Waals surface area contributed by atoms with Crippen molar-refractivity contribution >= 4 is 38.9 Å². The third-order valence-electron chi connectivity index (χ3n) is 5.26. The summed E-state index contributed by atoms with van der Waals surface area (Å²) in [6, 6.07) is 9.47. The second-order valence-electron chi connectivity index (χ2n) is 7.50. The maximum atomic E-state index is 13.0. The quantitative estimate of drug-likeness (QED) is 0.601. The summed E-state index contributed by atoms with van der Waals surface area (Å²) in [6.07, 6.45) is -3.46. The first-order valence-corrected chi connectivity index (χ1v) is 12.1. The largest absolute Gasteiger partial charge is 0.495 e. The Morgan fingerprint density at radius 2 is 1.79 bits per heavy atom. The number of carbonyl (C=O) groups is 1. The lowest BCUT2D eigenvalue weighted by Crippen LogP contribution is -2.52. The lowest BCUT2D eigenvalue weighted by atomic mass is 10.1. The normalized spacial score (nSPS) is 14.8. The number of ether oxygens (including phenoxy) is 1. The number of anilines is 2. The van der Waals surface area contributed by atoms with Crippen LogP contribution < -0.4 is 13.9 Å². The van der Waals surface area contributed by atoms with Crippen LogP contribution in [0.5, 0.6) is 5.75 Å². The molecule has 1 saturated heterocycles. The van der Waals surface area contributed by atoms with E-state index in [1.54, 1.807) is 17.0 Å². The van der Waals surface area contributed by atoms with Gasteiger partial charge in [0.1, 0.15) is 12.3 Å². The fraction of sp³-hybridized carbons (Fsp3) is 0.381. The Hall–Kier alpha value is -2.66. The van der Waals surface area contributed by atoms with Gasteiger partial charge in [-0.05, 0) is 36.4 Å². The summed E-state index contributed by atoms with van der Waals surface area (Å²) < 4.78 is 70.0. The van der Waals surface area contributed by atoms with E-state index in [1.807, 2.05) is 0 Å². The first kappa shape index (κ1) is 25.0. The number of sulfonamides is 1. The maximum Gasteiger partial charge on any atom is 0.416 e. The summed E-state index contributed by atoms with van der Waals surface area (Å²) in [4.78, 5) is 16.2. The van der Waals surface area contributed by atoms with Gasteiger partial charge in [0.25, 0.3) is 0 Å². The van der Waals surface area contributed by atoms with Crippen LogP contribution in [0, 0.1) is 0 Å².